The van der Waals surface area contributed by atoms with Crippen LogP contribution in [0.25, 0.3) is 5.57 Å². The molecule has 1 aliphatic rings. The molecule has 4 heteroatoms. The van der Waals surface area contributed by atoms with E-state index in [1.807, 2.05) is 0 Å². The molecule has 0 fully saturated rings. The Morgan fingerprint density at radius 3 is 2.11 bits per heavy atom. The van der Waals surface area contributed by atoms with Gasteiger partial charge < -0.3 is 0 Å². The van der Waals surface area contributed by atoms with E-state index in [1.165, 1.54) is 28.3 Å². The molecule has 0 amide bonds. The van der Waals surface area contributed by atoms with Gasteiger partial charge in [-0.1, -0.05) is 37.8 Å². The summed E-state index contributed by atoms with van der Waals surface area (Å²) in [5, 5.41) is 0. The van der Waals surface area contributed by atoms with Crippen LogP contribution < -0.4 is 0 Å². The zero-order valence-electron chi connectivity index (χ0n) is 12.3. The Labute approximate surface area is 137 Å². The molecule has 1 aromatic carbocycles. The number of halogens is 2. The van der Waals surface area contributed by atoms with Crippen molar-refractivity contribution in [2.75, 3.05) is 0 Å². The molecule has 1 aromatic rings. The minimum absolute atomic E-state index is 0.826. The van der Waals surface area contributed by atoms with E-state index in [0.717, 1.165) is 0 Å². The number of hydrogen-bond donors (Lipinski definition) is 0. The molecule has 0 heterocycles. The first-order chi connectivity index (χ1) is 8.78. The molecule has 103 valence electrons. The van der Waals surface area contributed by atoms with Crippen molar-refractivity contribution in [1.82, 2.24) is 0 Å². The molecular weight excluding hydrogens is 370 g/mol. The standard InChI is InChI=1S/C15H21Si.2ClH.Zr/c1-11-8-13-6-7-14(10-16(3,4)5)15(13)9-12(11)2;;;/h6-9H,10H2,1-5H3;2*1H;/q;;;+2/p-2. The summed E-state index contributed by atoms with van der Waals surface area (Å²) in [6.07, 6.45) is 4.60. The molecule has 0 aliphatic heterocycles. The molecule has 0 unspecified atom stereocenters. The van der Waals surface area contributed by atoms with Crippen LogP contribution in [0.5, 0.6) is 0 Å². The van der Waals surface area contributed by atoms with Crippen molar-refractivity contribution in [2.45, 2.75) is 39.5 Å². The van der Waals surface area contributed by atoms with Crippen molar-refractivity contribution in [1.29, 1.82) is 0 Å². The second-order valence-corrected chi connectivity index (χ2v) is 15.4. The summed E-state index contributed by atoms with van der Waals surface area (Å²) in [6, 6.07) is 5.97. The van der Waals surface area contributed by atoms with E-state index in [1.54, 1.807) is 5.57 Å². The van der Waals surface area contributed by atoms with Gasteiger partial charge in [0.15, 0.2) is 0 Å². The Balaban J connectivity index is 0.000000550. The van der Waals surface area contributed by atoms with Gasteiger partial charge >= 0.3 is 37.9 Å². The maximum absolute atomic E-state index is 4.93. The molecule has 19 heavy (non-hydrogen) atoms. The Bertz CT molecular complexity index is 476. The fourth-order valence-electron chi connectivity index (χ4n) is 2.26. The van der Waals surface area contributed by atoms with Crippen LogP contribution in [-0.4, -0.2) is 8.07 Å². The van der Waals surface area contributed by atoms with Crippen LogP contribution in [0, 0.1) is 20.3 Å². The summed E-state index contributed by atoms with van der Waals surface area (Å²) in [7, 11) is 8.86. The first kappa shape index (κ1) is 17.7. The van der Waals surface area contributed by atoms with E-state index in [-0.39, 0.29) is 0 Å². The van der Waals surface area contributed by atoms with Gasteiger partial charge in [0, 0.05) is 14.5 Å². The van der Waals surface area contributed by atoms with E-state index in [9.17, 15) is 0 Å². The van der Waals surface area contributed by atoms with Crippen molar-refractivity contribution in [3.63, 3.8) is 0 Å². The van der Waals surface area contributed by atoms with Crippen LogP contribution in [0.1, 0.15) is 22.3 Å². The normalized spacial score (nSPS) is 13.3. The molecular formula is C15H21Cl2SiZr. The first-order valence-electron chi connectivity index (χ1n) is 6.40. The molecule has 0 spiro atoms. The van der Waals surface area contributed by atoms with E-state index in [0.29, 0.717) is 0 Å². The Morgan fingerprint density at radius 1 is 1.05 bits per heavy atom. The molecule has 2 rings (SSSR count). The summed E-state index contributed by atoms with van der Waals surface area (Å²) < 4.78 is 0. The average Bonchev–Trinajstić information content (AvgIpc) is 2.61. The van der Waals surface area contributed by atoms with E-state index < -0.39 is 28.9 Å². The molecule has 0 bridgehead atoms. The van der Waals surface area contributed by atoms with Gasteiger partial charge in [-0.25, -0.2) is 0 Å². The zero-order valence-corrected chi connectivity index (χ0v) is 17.2. The molecule has 0 saturated heterocycles. The van der Waals surface area contributed by atoms with Crippen molar-refractivity contribution in [3.05, 3.63) is 46.9 Å². The van der Waals surface area contributed by atoms with Crippen LogP contribution in [0.15, 0.2) is 18.2 Å². The van der Waals surface area contributed by atoms with Gasteiger partial charge in [-0.05, 0) is 47.7 Å². The maximum atomic E-state index is 4.93. The summed E-state index contributed by atoms with van der Waals surface area (Å²) in [6.45, 7) is 11.7. The van der Waals surface area contributed by atoms with Crippen LogP contribution in [0.2, 0.25) is 25.7 Å². The zero-order chi connectivity index (χ0) is 14.6. The van der Waals surface area contributed by atoms with Gasteiger partial charge in [-0.3, -0.25) is 0 Å². The Hall–Kier alpha value is 0.640. The van der Waals surface area contributed by atoms with Crippen LogP contribution in [0.4, 0.5) is 0 Å². The Morgan fingerprint density at radius 2 is 1.58 bits per heavy atom. The molecule has 0 N–H and O–H groups in total. The second-order valence-electron chi connectivity index (χ2n) is 6.19. The summed E-state index contributed by atoms with van der Waals surface area (Å²) in [5.74, 6) is 0. The van der Waals surface area contributed by atoms with Gasteiger partial charge in [0.25, 0.3) is 0 Å². The van der Waals surface area contributed by atoms with Crippen molar-refractivity contribution >= 4 is 30.7 Å². The topological polar surface area (TPSA) is 0 Å². The number of rotatable bonds is 2. The van der Waals surface area contributed by atoms with Gasteiger partial charge in [0.1, 0.15) is 0 Å². The number of fused-ring (bicyclic) bond motifs is 1. The number of allylic oxidation sites excluding steroid dienone is 2. The van der Waals surface area contributed by atoms with E-state index >= 15 is 0 Å². The average molecular weight is 392 g/mol. The van der Waals surface area contributed by atoms with Gasteiger partial charge in [-0.2, -0.15) is 0 Å². The molecule has 0 aromatic heterocycles. The van der Waals surface area contributed by atoms with Crippen molar-refractivity contribution in [2.24, 2.45) is 0 Å². The van der Waals surface area contributed by atoms with Gasteiger partial charge in [0.05, 0.1) is 0 Å². The third-order valence-electron chi connectivity index (χ3n) is 3.20. The molecule has 0 saturated carbocycles. The van der Waals surface area contributed by atoms with E-state index in [2.05, 4.69) is 58.1 Å². The SMILES string of the molecule is Cc1cc2c(cc1C)C(C[Si](C)(C)C)=C[CH]2.[Cl][Zr][Cl]. The first-order valence-corrected chi connectivity index (χ1v) is 16.4. The minimum atomic E-state index is -1.01. The molecule has 1 aliphatic carbocycles. The van der Waals surface area contributed by atoms with Crippen LogP contribution in [0.3, 0.4) is 0 Å². The molecule has 0 atom stereocenters. The third-order valence-corrected chi connectivity index (χ3v) is 4.64. The second kappa shape index (κ2) is 7.59. The predicted molar refractivity (Wildman–Crippen MR) is 87.2 cm³/mol. The van der Waals surface area contributed by atoms with E-state index in [4.69, 9.17) is 17.0 Å². The Kier molecular flexibility index (Phi) is 7.07. The third kappa shape index (κ3) is 5.50. The fourth-order valence-corrected chi connectivity index (χ4v) is 3.71. The monoisotopic (exact) mass is 389 g/mol. The van der Waals surface area contributed by atoms with Gasteiger partial charge in [-0.15, -0.1) is 0 Å². The number of benzene rings is 1. The van der Waals surface area contributed by atoms with Crippen molar-refractivity contribution < 1.29 is 20.8 Å². The summed E-state index contributed by atoms with van der Waals surface area (Å²) in [4.78, 5) is 0. The number of aryl methyl sites for hydroxylation is 2. The van der Waals surface area contributed by atoms with Crippen molar-refractivity contribution in [3.8, 4) is 0 Å². The summed E-state index contributed by atoms with van der Waals surface area (Å²) >= 11 is -0.826. The molecule has 1 radical (unpaired) electrons. The fraction of sp³-hybridized carbons (Fsp3) is 0.400. The van der Waals surface area contributed by atoms with Crippen LogP contribution in [-0.2, 0) is 20.8 Å². The predicted octanol–water partition coefficient (Wildman–Crippen LogP) is 5.97. The van der Waals surface area contributed by atoms with Gasteiger partial charge in [0.2, 0.25) is 0 Å². The quantitative estimate of drug-likeness (QED) is 0.545. The summed E-state index contributed by atoms with van der Waals surface area (Å²) in [5.41, 5.74) is 7.26. The van der Waals surface area contributed by atoms with Crippen LogP contribution >= 0.6 is 17.0 Å². The molecule has 0 nitrogen and oxygen atoms in total. The number of hydrogen-bond acceptors (Lipinski definition) is 0.